The molecule has 1 atom stereocenters. The minimum Gasteiger partial charge on any atom is -0.493 e. The van der Waals surface area contributed by atoms with E-state index in [1.54, 1.807) is 13.8 Å². The van der Waals surface area contributed by atoms with Crippen LogP contribution in [-0.2, 0) is 9.59 Å². The van der Waals surface area contributed by atoms with Gasteiger partial charge in [0.1, 0.15) is 11.8 Å². The lowest BCUT2D eigenvalue weighted by Crippen LogP contribution is -2.44. The van der Waals surface area contributed by atoms with Gasteiger partial charge in [-0.25, -0.2) is 4.79 Å². The predicted octanol–water partition coefficient (Wildman–Crippen LogP) is 2.30. The van der Waals surface area contributed by atoms with Gasteiger partial charge in [0.25, 0.3) is 0 Å². The van der Waals surface area contributed by atoms with E-state index in [4.69, 9.17) is 9.84 Å². The fourth-order valence-electron chi connectivity index (χ4n) is 1.97. The molecule has 0 unspecified atom stereocenters. The normalized spacial score (nSPS) is 12.0. The molecule has 0 spiro atoms. The molecule has 2 N–H and O–H groups in total. The monoisotopic (exact) mass is 293 g/mol. The van der Waals surface area contributed by atoms with Crippen molar-refractivity contribution in [1.29, 1.82) is 0 Å². The summed E-state index contributed by atoms with van der Waals surface area (Å²) in [5.74, 6) is -0.756. The van der Waals surface area contributed by atoms with Gasteiger partial charge in [-0.3, -0.25) is 4.79 Å². The molecule has 21 heavy (non-hydrogen) atoms. The molecule has 0 radical (unpaired) electrons. The number of amides is 1. The Balaban J connectivity index is 2.44. The first-order valence-corrected chi connectivity index (χ1v) is 7.03. The van der Waals surface area contributed by atoms with E-state index in [2.05, 4.69) is 5.32 Å². The second-order valence-electron chi connectivity index (χ2n) is 5.49. The molecule has 0 saturated carbocycles. The molecule has 5 heteroatoms. The summed E-state index contributed by atoms with van der Waals surface area (Å²) in [5, 5.41) is 11.5. The number of nitrogens with one attached hydrogen (secondary N) is 1. The Morgan fingerprint density at radius 1 is 1.29 bits per heavy atom. The van der Waals surface area contributed by atoms with Crippen molar-refractivity contribution in [2.24, 2.45) is 5.92 Å². The Labute approximate surface area is 125 Å². The van der Waals surface area contributed by atoms with Gasteiger partial charge in [-0.2, -0.15) is 0 Å². The Kier molecular flexibility index (Phi) is 6.21. The third kappa shape index (κ3) is 5.45. The van der Waals surface area contributed by atoms with Crippen LogP contribution >= 0.6 is 0 Å². The maximum atomic E-state index is 11.7. The first-order chi connectivity index (χ1) is 9.81. The van der Waals surface area contributed by atoms with Crippen molar-refractivity contribution in [3.63, 3.8) is 0 Å². The summed E-state index contributed by atoms with van der Waals surface area (Å²) in [5.41, 5.74) is 2.17. The summed E-state index contributed by atoms with van der Waals surface area (Å²) in [6.45, 7) is 7.68. The van der Waals surface area contributed by atoms with Gasteiger partial charge < -0.3 is 15.2 Å². The van der Waals surface area contributed by atoms with Crippen LogP contribution in [0.1, 0.15) is 31.4 Å². The maximum absolute atomic E-state index is 11.7. The number of ether oxygens (including phenoxy) is 1. The highest BCUT2D eigenvalue weighted by molar-refractivity contribution is 5.83. The molecule has 1 rings (SSSR count). The summed E-state index contributed by atoms with van der Waals surface area (Å²) in [7, 11) is 0. The third-order valence-corrected chi connectivity index (χ3v) is 3.17. The Morgan fingerprint density at radius 3 is 2.48 bits per heavy atom. The van der Waals surface area contributed by atoms with Crippen molar-refractivity contribution in [3.8, 4) is 5.75 Å². The van der Waals surface area contributed by atoms with Crippen LogP contribution in [0.4, 0.5) is 0 Å². The van der Waals surface area contributed by atoms with E-state index in [0.717, 1.165) is 16.9 Å². The van der Waals surface area contributed by atoms with Crippen molar-refractivity contribution >= 4 is 11.9 Å². The molecule has 1 aromatic carbocycles. The van der Waals surface area contributed by atoms with Gasteiger partial charge >= 0.3 is 5.97 Å². The minimum absolute atomic E-state index is 0.129. The van der Waals surface area contributed by atoms with Gasteiger partial charge in [-0.1, -0.05) is 31.5 Å². The zero-order valence-corrected chi connectivity index (χ0v) is 13.0. The number of carbonyl (C=O) groups excluding carboxylic acids is 1. The van der Waals surface area contributed by atoms with Crippen molar-refractivity contribution in [1.82, 2.24) is 5.32 Å². The van der Waals surface area contributed by atoms with Crippen molar-refractivity contribution < 1.29 is 19.4 Å². The Bertz CT molecular complexity index is 511. The number of rotatable bonds is 7. The quantitative estimate of drug-likeness (QED) is 0.809. The van der Waals surface area contributed by atoms with Crippen LogP contribution < -0.4 is 10.1 Å². The van der Waals surface area contributed by atoms with Crippen molar-refractivity contribution in [3.05, 3.63) is 29.3 Å². The van der Waals surface area contributed by atoms with E-state index in [-0.39, 0.29) is 24.9 Å². The van der Waals surface area contributed by atoms with Crippen molar-refractivity contribution in [2.75, 3.05) is 6.61 Å². The van der Waals surface area contributed by atoms with Crippen LogP contribution in [0.25, 0.3) is 0 Å². The molecular formula is C16H23NO4. The lowest BCUT2D eigenvalue weighted by Gasteiger charge is -2.18. The van der Waals surface area contributed by atoms with Crippen LogP contribution in [0.5, 0.6) is 5.75 Å². The first kappa shape index (κ1) is 17.0. The zero-order valence-electron chi connectivity index (χ0n) is 13.0. The largest absolute Gasteiger partial charge is 0.493 e. The molecule has 0 fully saturated rings. The summed E-state index contributed by atoms with van der Waals surface area (Å²) in [4.78, 5) is 22.7. The third-order valence-electron chi connectivity index (χ3n) is 3.17. The first-order valence-electron chi connectivity index (χ1n) is 7.03. The van der Waals surface area contributed by atoms with Crippen LogP contribution in [-0.4, -0.2) is 29.6 Å². The van der Waals surface area contributed by atoms with E-state index in [1.807, 2.05) is 32.0 Å². The van der Waals surface area contributed by atoms with E-state index in [9.17, 15) is 9.59 Å². The highest BCUT2D eigenvalue weighted by Gasteiger charge is 2.23. The predicted molar refractivity (Wildman–Crippen MR) is 80.4 cm³/mol. The van der Waals surface area contributed by atoms with Gasteiger partial charge in [-0.15, -0.1) is 0 Å². The van der Waals surface area contributed by atoms with Crippen LogP contribution in [0.2, 0.25) is 0 Å². The number of hydrogen-bond acceptors (Lipinski definition) is 3. The highest BCUT2D eigenvalue weighted by atomic mass is 16.5. The van der Waals surface area contributed by atoms with Crippen molar-refractivity contribution in [2.45, 2.75) is 40.2 Å². The fraction of sp³-hybridized carbons (Fsp3) is 0.500. The van der Waals surface area contributed by atoms with Gasteiger partial charge in [0.05, 0.1) is 13.0 Å². The number of carbonyl (C=O) groups is 2. The highest BCUT2D eigenvalue weighted by Crippen LogP contribution is 2.18. The summed E-state index contributed by atoms with van der Waals surface area (Å²) < 4.78 is 5.56. The van der Waals surface area contributed by atoms with E-state index < -0.39 is 12.0 Å². The van der Waals surface area contributed by atoms with Crippen LogP contribution in [0.15, 0.2) is 18.2 Å². The maximum Gasteiger partial charge on any atom is 0.326 e. The van der Waals surface area contributed by atoms with Gasteiger partial charge in [0.15, 0.2) is 0 Å². The molecule has 0 aliphatic heterocycles. The van der Waals surface area contributed by atoms with Crippen LogP contribution in [0, 0.1) is 19.8 Å². The molecule has 0 heterocycles. The summed E-state index contributed by atoms with van der Waals surface area (Å²) >= 11 is 0. The average molecular weight is 293 g/mol. The molecule has 0 saturated heterocycles. The molecule has 1 amide bonds. The number of carboxylic acids is 1. The Hall–Kier alpha value is -2.04. The summed E-state index contributed by atoms with van der Waals surface area (Å²) in [6.07, 6.45) is 0.129. The molecule has 0 aliphatic carbocycles. The average Bonchev–Trinajstić information content (AvgIpc) is 2.37. The van der Waals surface area contributed by atoms with Gasteiger partial charge in [0, 0.05) is 0 Å². The zero-order chi connectivity index (χ0) is 16.0. The van der Waals surface area contributed by atoms with Gasteiger partial charge in [0.2, 0.25) is 5.91 Å². The molecular weight excluding hydrogens is 270 g/mol. The minimum atomic E-state index is -1.02. The topological polar surface area (TPSA) is 75.6 Å². The second kappa shape index (κ2) is 7.67. The standard InChI is InChI=1S/C16H23NO4/c1-10(2)15(16(19)20)17-14(18)7-8-21-13-6-5-11(3)9-12(13)4/h5-6,9-10,15H,7-8H2,1-4H3,(H,17,18)(H,19,20)/t15-/m0/s1. The number of aryl methyl sites for hydroxylation is 2. The molecule has 0 bridgehead atoms. The second-order valence-corrected chi connectivity index (χ2v) is 5.49. The Morgan fingerprint density at radius 2 is 1.95 bits per heavy atom. The molecule has 1 aromatic rings. The number of hydrogen-bond donors (Lipinski definition) is 2. The lowest BCUT2D eigenvalue weighted by atomic mass is 10.0. The SMILES string of the molecule is Cc1ccc(OCCC(=O)N[C@H](C(=O)O)C(C)C)c(C)c1. The van der Waals surface area contributed by atoms with Crippen LogP contribution in [0.3, 0.4) is 0 Å². The van der Waals surface area contributed by atoms with E-state index >= 15 is 0 Å². The molecule has 5 nitrogen and oxygen atoms in total. The smallest absolute Gasteiger partial charge is 0.326 e. The number of carboxylic acid groups (broad SMARTS) is 1. The number of benzene rings is 1. The molecule has 0 aromatic heterocycles. The fourth-order valence-corrected chi connectivity index (χ4v) is 1.97. The molecule has 0 aliphatic rings. The lowest BCUT2D eigenvalue weighted by molar-refractivity contribution is -0.143. The van der Waals surface area contributed by atoms with E-state index in [0.29, 0.717) is 0 Å². The summed E-state index contributed by atoms with van der Waals surface area (Å²) in [6, 6.07) is 4.96. The number of aliphatic carboxylic acids is 1. The van der Waals surface area contributed by atoms with Gasteiger partial charge in [-0.05, 0) is 31.4 Å². The van der Waals surface area contributed by atoms with E-state index in [1.165, 1.54) is 0 Å². The molecule has 116 valence electrons.